The van der Waals surface area contributed by atoms with Gasteiger partial charge in [-0.05, 0) is 36.1 Å². The average molecular weight is 223 g/mol. The van der Waals surface area contributed by atoms with Crippen LogP contribution in [-0.4, -0.2) is 6.54 Å². The van der Waals surface area contributed by atoms with Crippen molar-refractivity contribution in [3.8, 4) is 0 Å². The summed E-state index contributed by atoms with van der Waals surface area (Å²) in [6, 6.07) is 7.07. The molecule has 0 amide bonds. The van der Waals surface area contributed by atoms with E-state index in [0.717, 1.165) is 18.5 Å². The molecule has 1 rings (SSSR count). The zero-order chi connectivity index (χ0) is 12.2. The van der Waals surface area contributed by atoms with Crippen LogP contribution >= 0.6 is 0 Å². The summed E-state index contributed by atoms with van der Waals surface area (Å²) in [5, 5.41) is 3.52. The molecule has 1 nitrogen and oxygen atoms in total. The summed E-state index contributed by atoms with van der Waals surface area (Å²) < 4.78 is 12.9. The van der Waals surface area contributed by atoms with Crippen LogP contribution in [0.25, 0.3) is 0 Å². The fourth-order valence-corrected chi connectivity index (χ4v) is 1.87. The van der Waals surface area contributed by atoms with Crippen molar-refractivity contribution < 1.29 is 4.39 Å². The van der Waals surface area contributed by atoms with Gasteiger partial charge in [0, 0.05) is 6.04 Å². The Bertz CT molecular complexity index is 311. The van der Waals surface area contributed by atoms with Gasteiger partial charge in [-0.25, -0.2) is 4.39 Å². The van der Waals surface area contributed by atoms with Crippen molar-refractivity contribution in [2.75, 3.05) is 6.54 Å². The molecule has 1 aromatic carbocycles. The van der Waals surface area contributed by atoms with E-state index in [9.17, 15) is 4.39 Å². The fraction of sp³-hybridized carbons (Fsp3) is 0.571. The first-order valence-electron chi connectivity index (χ1n) is 5.94. The summed E-state index contributed by atoms with van der Waals surface area (Å²) in [7, 11) is 0. The van der Waals surface area contributed by atoms with Gasteiger partial charge in [0.05, 0.1) is 0 Å². The Hall–Kier alpha value is -0.890. The summed E-state index contributed by atoms with van der Waals surface area (Å²) in [4.78, 5) is 0. The Morgan fingerprint density at radius 2 is 1.75 bits per heavy atom. The molecule has 1 aromatic rings. The number of nitrogens with one attached hydrogen (secondary N) is 1. The van der Waals surface area contributed by atoms with Crippen molar-refractivity contribution in [3.63, 3.8) is 0 Å². The molecule has 0 heterocycles. The van der Waals surface area contributed by atoms with Crippen molar-refractivity contribution in [3.05, 3.63) is 35.6 Å². The lowest BCUT2D eigenvalue weighted by atomic mass is 9.82. The minimum absolute atomic E-state index is 0.132. The molecule has 0 saturated heterocycles. The van der Waals surface area contributed by atoms with Crippen LogP contribution in [0, 0.1) is 11.2 Å². The molecule has 0 aliphatic rings. The van der Waals surface area contributed by atoms with Crippen LogP contribution < -0.4 is 5.32 Å². The Balaban J connectivity index is 2.88. The first-order chi connectivity index (χ1) is 7.45. The normalized spacial score (nSPS) is 13.8. The summed E-state index contributed by atoms with van der Waals surface area (Å²) >= 11 is 0. The maximum absolute atomic E-state index is 12.9. The first kappa shape index (κ1) is 13.2. The number of hydrogen-bond donors (Lipinski definition) is 1. The molecule has 1 N–H and O–H groups in total. The van der Waals surface area contributed by atoms with Gasteiger partial charge < -0.3 is 5.32 Å². The highest BCUT2D eigenvalue weighted by atomic mass is 19.1. The number of halogens is 1. The Morgan fingerprint density at radius 1 is 1.19 bits per heavy atom. The van der Waals surface area contributed by atoms with E-state index in [-0.39, 0.29) is 17.3 Å². The maximum Gasteiger partial charge on any atom is 0.123 e. The van der Waals surface area contributed by atoms with E-state index in [1.807, 2.05) is 12.1 Å². The smallest absolute Gasteiger partial charge is 0.123 e. The lowest BCUT2D eigenvalue weighted by molar-refractivity contribution is 0.273. The molecule has 2 heteroatoms. The standard InChI is InChI=1S/C14H22FN/c1-5-10-16-13(14(2,3)4)11-6-8-12(15)9-7-11/h6-9,13,16H,5,10H2,1-4H3. The molecule has 1 atom stereocenters. The van der Waals surface area contributed by atoms with Crippen LogP contribution in [0.15, 0.2) is 24.3 Å². The number of rotatable bonds is 4. The van der Waals surface area contributed by atoms with Gasteiger partial charge in [-0.15, -0.1) is 0 Å². The minimum atomic E-state index is -0.174. The maximum atomic E-state index is 12.9. The Kier molecular flexibility index (Phi) is 4.48. The largest absolute Gasteiger partial charge is 0.309 e. The topological polar surface area (TPSA) is 12.0 Å². The van der Waals surface area contributed by atoms with Crippen LogP contribution in [-0.2, 0) is 0 Å². The van der Waals surface area contributed by atoms with Gasteiger partial charge in [0.25, 0.3) is 0 Å². The molecule has 0 aromatic heterocycles. The van der Waals surface area contributed by atoms with E-state index in [0.29, 0.717) is 0 Å². The molecule has 1 unspecified atom stereocenters. The Labute approximate surface area is 98.1 Å². The Morgan fingerprint density at radius 3 is 2.19 bits per heavy atom. The summed E-state index contributed by atoms with van der Waals surface area (Å²) in [5.74, 6) is -0.174. The van der Waals surface area contributed by atoms with Gasteiger partial charge >= 0.3 is 0 Å². The third kappa shape index (κ3) is 3.60. The second kappa shape index (κ2) is 5.44. The molecule has 16 heavy (non-hydrogen) atoms. The van der Waals surface area contributed by atoms with Gasteiger partial charge in [-0.2, -0.15) is 0 Å². The van der Waals surface area contributed by atoms with Gasteiger partial charge in [0.15, 0.2) is 0 Å². The van der Waals surface area contributed by atoms with Gasteiger partial charge in [-0.3, -0.25) is 0 Å². The fourth-order valence-electron chi connectivity index (χ4n) is 1.87. The third-order valence-electron chi connectivity index (χ3n) is 2.67. The van der Waals surface area contributed by atoms with Gasteiger partial charge in [0.2, 0.25) is 0 Å². The average Bonchev–Trinajstić information content (AvgIpc) is 2.19. The summed E-state index contributed by atoms with van der Waals surface area (Å²) in [6.45, 7) is 9.73. The molecular formula is C14H22FN. The van der Waals surface area contributed by atoms with E-state index >= 15 is 0 Å². The summed E-state index contributed by atoms with van der Waals surface area (Å²) in [6.07, 6.45) is 1.10. The van der Waals surface area contributed by atoms with Crippen molar-refractivity contribution in [2.24, 2.45) is 5.41 Å². The van der Waals surface area contributed by atoms with Crippen LogP contribution in [0.2, 0.25) is 0 Å². The molecular weight excluding hydrogens is 201 g/mol. The highest BCUT2D eigenvalue weighted by Crippen LogP contribution is 2.32. The third-order valence-corrected chi connectivity index (χ3v) is 2.67. The van der Waals surface area contributed by atoms with Crippen LogP contribution in [0.5, 0.6) is 0 Å². The first-order valence-corrected chi connectivity index (χ1v) is 5.94. The quantitative estimate of drug-likeness (QED) is 0.816. The molecule has 0 aliphatic heterocycles. The van der Waals surface area contributed by atoms with E-state index in [2.05, 4.69) is 33.0 Å². The molecule has 90 valence electrons. The second-order valence-corrected chi connectivity index (χ2v) is 5.30. The van der Waals surface area contributed by atoms with Crippen molar-refractivity contribution >= 4 is 0 Å². The number of hydrogen-bond acceptors (Lipinski definition) is 1. The van der Waals surface area contributed by atoms with Crippen LogP contribution in [0.3, 0.4) is 0 Å². The van der Waals surface area contributed by atoms with E-state index in [4.69, 9.17) is 0 Å². The summed E-state index contributed by atoms with van der Waals surface area (Å²) in [5.41, 5.74) is 1.29. The van der Waals surface area contributed by atoms with Crippen molar-refractivity contribution in [2.45, 2.75) is 40.2 Å². The van der Waals surface area contributed by atoms with Gasteiger partial charge in [0.1, 0.15) is 5.82 Å². The van der Waals surface area contributed by atoms with Crippen LogP contribution in [0.4, 0.5) is 4.39 Å². The molecule has 0 fully saturated rings. The lowest BCUT2D eigenvalue weighted by Crippen LogP contribution is -2.32. The highest BCUT2D eigenvalue weighted by molar-refractivity contribution is 5.21. The van der Waals surface area contributed by atoms with E-state index < -0.39 is 0 Å². The van der Waals surface area contributed by atoms with Crippen molar-refractivity contribution in [1.29, 1.82) is 0 Å². The second-order valence-electron chi connectivity index (χ2n) is 5.30. The van der Waals surface area contributed by atoms with E-state index in [1.54, 1.807) is 0 Å². The monoisotopic (exact) mass is 223 g/mol. The molecule has 0 saturated carbocycles. The van der Waals surface area contributed by atoms with Gasteiger partial charge in [-0.1, -0.05) is 39.8 Å². The molecule has 0 aliphatic carbocycles. The van der Waals surface area contributed by atoms with Crippen molar-refractivity contribution in [1.82, 2.24) is 5.32 Å². The predicted molar refractivity (Wildman–Crippen MR) is 66.9 cm³/mol. The molecule has 0 radical (unpaired) electrons. The van der Waals surface area contributed by atoms with E-state index in [1.165, 1.54) is 12.1 Å². The predicted octanol–water partition coefficient (Wildman–Crippen LogP) is 3.91. The molecule has 0 bridgehead atoms. The van der Waals surface area contributed by atoms with Crippen LogP contribution in [0.1, 0.15) is 45.7 Å². The number of benzene rings is 1. The zero-order valence-electron chi connectivity index (χ0n) is 10.7. The lowest BCUT2D eigenvalue weighted by Gasteiger charge is -2.32. The SMILES string of the molecule is CCCNC(c1ccc(F)cc1)C(C)(C)C. The zero-order valence-corrected chi connectivity index (χ0v) is 10.7. The minimum Gasteiger partial charge on any atom is -0.309 e. The highest BCUT2D eigenvalue weighted by Gasteiger charge is 2.25. The molecule has 0 spiro atoms.